The zero-order valence-electron chi connectivity index (χ0n) is 23.3. The molecule has 6 nitrogen and oxygen atoms in total. The van der Waals surface area contributed by atoms with Crippen LogP contribution in [0.2, 0.25) is 0 Å². The van der Waals surface area contributed by atoms with E-state index in [0.29, 0.717) is 24.0 Å². The summed E-state index contributed by atoms with van der Waals surface area (Å²) in [6.45, 7) is 6.80. The molecule has 7 heteroatoms. The third-order valence-electron chi connectivity index (χ3n) is 9.78. The van der Waals surface area contributed by atoms with Crippen LogP contribution in [0.4, 0.5) is 10.2 Å². The molecule has 1 aliphatic carbocycles. The quantitative estimate of drug-likeness (QED) is 0.351. The van der Waals surface area contributed by atoms with Crippen molar-refractivity contribution in [2.24, 2.45) is 17.8 Å². The number of aliphatic carboxylic acids is 1. The maximum atomic E-state index is 14.5. The zero-order chi connectivity index (χ0) is 27.1. The molecular weight excluding hydrogens is 493 g/mol. The summed E-state index contributed by atoms with van der Waals surface area (Å²) in [4.78, 5) is 19.3. The number of hydrogen-bond donors (Lipinski definition) is 2. The van der Waals surface area contributed by atoms with Crippen molar-refractivity contribution >= 4 is 11.8 Å². The van der Waals surface area contributed by atoms with Crippen LogP contribution in [0.15, 0.2) is 24.3 Å². The number of hydrogen-bond acceptors (Lipinski definition) is 5. The number of unbranched alkanes of at least 4 members (excludes halogenated alkanes) is 2. The first-order valence-electron chi connectivity index (χ1n) is 15.0. The fourth-order valence-electron chi connectivity index (χ4n) is 7.57. The second-order valence-corrected chi connectivity index (χ2v) is 12.7. The molecule has 1 saturated carbocycles. The van der Waals surface area contributed by atoms with Crippen LogP contribution >= 0.6 is 0 Å². The fraction of sp³-hybridized carbons (Fsp3) is 0.625. The van der Waals surface area contributed by atoms with Gasteiger partial charge < -0.3 is 15.2 Å². The van der Waals surface area contributed by atoms with Gasteiger partial charge in [0.2, 0.25) is 0 Å². The van der Waals surface area contributed by atoms with Crippen LogP contribution in [0.25, 0.3) is 0 Å². The van der Waals surface area contributed by atoms with E-state index < -0.39 is 17.6 Å². The number of nitrogens with one attached hydrogen (secondary N) is 1. The van der Waals surface area contributed by atoms with Gasteiger partial charge in [-0.15, -0.1) is 0 Å². The lowest BCUT2D eigenvalue weighted by molar-refractivity contribution is -0.149. The Morgan fingerprint density at radius 2 is 2.05 bits per heavy atom. The number of pyridine rings is 1. The van der Waals surface area contributed by atoms with Crippen LogP contribution in [0.5, 0.6) is 0 Å². The van der Waals surface area contributed by atoms with E-state index in [9.17, 15) is 14.3 Å². The topological polar surface area (TPSA) is 74.7 Å². The molecule has 4 aliphatic rings. The molecule has 210 valence electrons. The summed E-state index contributed by atoms with van der Waals surface area (Å²) in [5, 5.41) is 13.6. The van der Waals surface area contributed by atoms with E-state index in [-0.39, 0.29) is 5.82 Å². The van der Waals surface area contributed by atoms with Crippen LogP contribution in [0.3, 0.4) is 0 Å². The minimum Gasteiger partial charge on any atom is -0.480 e. The molecular formula is C32H42FN3O3. The molecule has 1 saturated heterocycles. The molecule has 3 aliphatic heterocycles. The Morgan fingerprint density at radius 1 is 1.21 bits per heavy atom. The largest absolute Gasteiger partial charge is 0.480 e. The van der Waals surface area contributed by atoms with Gasteiger partial charge in [-0.25, -0.2) is 9.37 Å². The highest BCUT2D eigenvalue weighted by Crippen LogP contribution is 2.49. The van der Waals surface area contributed by atoms with Crippen molar-refractivity contribution in [3.63, 3.8) is 0 Å². The Labute approximate surface area is 231 Å². The number of aromatic nitrogens is 1. The summed E-state index contributed by atoms with van der Waals surface area (Å²) in [7, 11) is 0. The van der Waals surface area contributed by atoms with Crippen molar-refractivity contribution in [2.75, 3.05) is 25.0 Å². The van der Waals surface area contributed by atoms with Crippen molar-refractivity contribution < 1.29 is 19.0 Å². The van der Waals surface area contributed by atoms with E-state index >= 15 is 0 Å². The third kappa shape index (κ3) is 5.32. The minimum absolute atomic E-state index is 0.326. The summed E-state index contributed by atoms with van der Waals surface area (Å²) in [5.41, 5.74) is 4.13. The predicted octanol–water partition coefficient (Wildman–Crippen LogP) is 6.23. The number of halogens is 1. The summed E-state index contributed by atoms with van der Waals surface area (Å²) >= 11 is 0. The second kappa shape index (κ2) is 10.8. The lowest BCUT2D eigenvalue weighted by Gasteiger charge is -2.52. The highest BCUT2D eigenvalue weighted by Gasteiger charge is 2.47. The Hall–Kier alpha value is -2.51. The smallest absolute Gasteiger partial charge is 0.325 e. The number of carboxylic acid groups (broad SMARTS) is 1. The molecule has 1 aromatic heterocycles. The molecule has 0 bridgehead atoms. The Kier molecular flexibility index (Phi) is 7.40. The van der Waals surface area contributed by atoms with Crippen LogP contribution < -0.4 is 5.32 Å². The van der Waals surface area contributed by atoms with Crippen molar-refractivity contribution in [1.82, 2.24) is 9.88 Å². The van der Waals surface area contributed by atoms with Gasteiger partial charge in [-0.05, 0) is 111 Å². The van der Waals surface area contributed by atoms with E-state index in [1.807, 2.05) is 18.7 Å². The number of benzene rings is 1. The maximum Gasteiger partial charge on any atom is 0.325 e. The van der Waals surface area contributed by atoms with Gasteiger partial charge in [0.25, 0.3) is 0 Å². The standard InChI is InChI=1S/C32H42FN3O3/c1-32(2)28-22(19-39-32)15-24(33)16-27(28)29(31(37)38)36-17-23(18-36)26-13-11-20(26)7-4-3-5-9-25-12-10-21-8-6-14-34-30(21)35-25/h10,12,15-16,20,23,26,29H,3-9,11,13-14,17-19H2,1-2H3,(H,34,35)(H,37,38). The first-order chi connectivity index (χ1) is 18.8. The Balaban J connectivity index is 0.988. The molecule has 2 fully saturated rings. The lowest BCUT2D eigenvalue weighted by Crippen LogP contribution is -2.56. The van der Waals surface area contributed by atoms with Gasteiger partial charge in [0.1, 0.15) is 17.7 Å². The molecule has 0 amide bonds. The monoisotopic (exact) mass is 535 g/mol. The average Bonchev–Trinajstić information content (AvgIpc) is 3.17. The van der Waals surface area contributed by atoms with Gasteiger partial charge in [-0.3, -0.25) is 9.69 Å². The van der Waals surface area contributed by atoms with Crippen molar-refractivity contribution in [2.45, 2.75) is 89.9 Å². The molecule has 6 rings (SSSR count). The number of ether oxygens (including phenoxy) is 1. The van der Waals surface area contributed by atoms with Gasteiger partial charge in [0, 0.05) is 25.3 Å². The first-order valence-corrected chi connectivity index (χ1v) is 15.0. The van der Waals surface area contributed by atoms with E-state index in [1.54, 1.807) is 0 Å². The van der Waals surface area contributed by atoms with Gasteiger partial charge in [-0.2, -0.15) is 0 Å². The number of nitrogens with zero attached hydrogens (tertiary/aromatic N) is 2. The Bertz CT molecular complexity index is 1230. The number of carboxylic acids is 1. The summed E-state index contributed by atoms with van der Waals surface area (Å²) in [6.07, 6.45) is 10.9. The predicted molar refractivity (Wildman–Crippen MR) is 149 cm³/mol. The van der Waals surface area contributed by atoms with E-state index in [1.165, 1.54) is 68.3 Å². The van der Waals surface area contributed by atoms with Crippen molar-refractivity contribution in [1.29, 1.82) is 0 Å². The number of fused-ring (bicyclic) bond motifs is 2. The van der Waals surface area contributed by atoms with Crippen molar-refractivity contribution in [3.8, 4) is 0 Å². The number of carbonyl (C=O) groups is 1. The lowest BCUT2D eigenvalue weighted by atomic mass is 9.63. The summed E-state index contributed by atoms with van der Waals surface area (Å²) in [5.74, 6) is 1.81. The van der Waals surface area contributed by atoms with Crippen LogP contribution in [-0.2, 0) is 34.6 Å². The number of likely N-dealkylation sites (tertiary alicyclic amines) is 1. The first kappa shape index (κ1) is 26.7. The molecule has 3 unspecified atom stereocenters. The minimum atomic E-state index is -0.904. The Morgan fingerprint density at radius 3 is 2.82 bits per heavy atom. The molecule has 0 spiro atoms. The molecule has 0 radical (unpaired) electrons. The molecule has 1 aromatic carbocycles. The van der Waals surface area contributed by atoms with E-state index in [4.69, 9.17) is 9.72 Å². The molecule has 2 N–H and O–H groups in total. The SMILES string of the molecule is CC1(C)OCc2cc(F)cc(C(C(=O)O)N3CC(C4CCC4CCCCCc4ccc5c(n4)NCCC5)C3)c21. The van der Waals surface area contributed by atoms with Gasteiger partial charge in [0.15, 0.2) is 0 Å². The van der Waals surface area contributed by atoms with E-state index in [2.05, 4.69) is 17.4 Å². The van der Waals surface area contributed by atoms with Crippen LogP contribution in [0, 0.1) is 23.6 Å². The molecule has 2 aromatic rings. The highest BCUT2D eigenvalue weighted by molar-refractivity contribution is 5.77. The third-order valence-corrected chi connectivity index (χ3v) is 9.78. The number of rotatable bonds is 10. The summed E-state index contributed by atoms with van der Waals surface area (Å²) < 4.78 is 20.4. The normalized spacial score (nSPS) is 24.7. The van der Waals surface area contributed by atoms with Gasteiger partial charge >= 0.3 is 5.97 Å². The van der Waals surface area contributed by atoms with Crippen LogP contribution in [0.1, 0.15) is 92.8 Å². The molecule has 3 atom stereocenters. The highest BCUT2D eigenvalue weighted by atomic mass is 19.1. The second-order valence-electron chi connectivity index (χ2n) is 12.7. The molecule has 4 heterocycles. The maximum absolute atomic E-state index is 14.5. The zero-order valence-corrected chi connectivity index (χ0v) is 23.3. The van der Waals surface area contributed by atoms with Gasteiger partial charge in [0.05, 0.1) is 12.2 Å². The van der Waals surface area contributed by atoms with Gasteiger partial charge in [-0.1, -0.05) is 25.3 Å². The fourth-order valence-corrected chi connectivity index (χ4v) is 7.57. The number of aryl methyl sites for hydroxylation is 2. The average molecular weight is 536 g/mol. The number of anilines is 1. The van der Waals surface area contributed by atoms with Crippen LogP contribution in [-0.4, -0.2) is 40.6 Å². The summed E-state index contributed by atoms with van der Waals surface area (Å²) in [6, 6.07) is 6.54. The molecule has 39 heavy (non-hydrogen) atoms. The van der Waals surface area contributed by atoms with Crippen molar-refractivity contribution in [3.05, 3.63) is 58.0 Å². The van der Waals surface area contributed by atoms with E-state index in [0.717, 1.165) is 55.3 Å².